The molecule has 4 heteroatoms. The molecule has 0 aliphatic carbocycles. The molecule has 0 spiro atoms. The van der Waals surface area contributed by atoms with Crippen molar-refractivity contribution in [3.05, 3.63) is 29.8 Å². The number of carbonyl (C=O) groups is 1. The third-order valence-corrected chi connectivity index (χ3v) is 2.41. The van der Waals surface area contributed by atoms with Gasteiger partial charge in [-0.2, -0.15) is 0 Å². The quantitative estimate of drug-likeness (QED) is 0.813. The van der Waals surface area contributed by atoms with Crippen LogP contribution in [0.25, 0.3) is 0 Å². The SMILES string of the molecule is CC(C)NC(=O)CCOc1ccccc1C(C)O. The van der Waals surface area contributed by atoms with Crippen LogP contribution in [0.15, 0.2) is 24.3 Å². The number of hydrogen-bond donors (Lipinski definition) is 2. The van der Waals surface area contributed by atoms with Crippen LogP contribution >= 0.6 is 0 Å². The van der Waals surface area contributed by atoms with Gasteiger partial charge in [0.15, 0.2) is 0 Å². The van der Waals surface area contributed by atoms with Crippen molar-refractivity contribution >= 4 is 5.91 Å². The van der Waals surface area contributed by atoms with Crippen LogP contribution in [-0.2, 0) is 4.79 Å². The van der Waals surface area contributed by atoms with E-state index in [1.165, 1.54) is 0 Å². The lowest BCUT2D eigenvalue weighted by Crippen LogP contribution is -2.31. The van der Waals surface area contributed by atoms with Crippen LogP contribution in [0.4, 0.5) is 0 Å². The summed E-state index contributed by atoms with van der Waals surface area (Å²) in [4.78, 5) is 11.4. The van der Waals surface area contributed by atoms with Gasteiger partial charge in [-0.3, -0.25) is 4.79 Å². The molecule has 0 fully saturated rings. The van der Waals surface area contributed by atoms with Crippen LogP contribution in [-0.4, -0.2) is 23.7 Å². The number of carbonyl (C=O) groups excluding carboxylic acids is 1. The first kappa shape index (κ1) is 14.5. The Morgan fingerprint density at radius 1 is 1.33 bits per heavy atom. The number of benzene rings is 1. The molecule has 0 bridgehead atoms. The van der Waals surface area contributed by atoms with Gasteiger partial charge in [-0.1, -0.05) is 18.2 Å². The van der Waals surface area contributed by atoms with Gasteiger partial charge < -0.3 is 15.2 Å². The Balaban J connectivity index is 2.46. The third-order valence-electron chi connectivity index (χ3n) is 2.41. The van der Waals surface area contributed by atoms with E-state index in [4.69, 9.17) is 4.74 Å². The van der Waals surface area contributed by atoms with Crippen molar-refractivity contribution in [2.45, 2.75) is 39.3 Å². The molecule has 0 aromatic heterocycles. The highest BCUT2D eigenvalue weighted by atomic mass is 16.5. The Morgan fingerprint density at radius 2 is 2.00 bits per heavy atom. The summed E-state index contributed by atoms with van der Waals surface area (Å²) in [7, 11) is 0. The van der Waals surface area contributed by atoms with Gasteiger partial charge in [-0.05, 0) is 26.8 Å². The summed E-state index contributed by atoms with van der Waals surface area (Å²) in [5, 5.41) is 12.4. The zero-order valence-corrected chi connectivity index (χ0v) is 11.1. The van der Waals surface area contributed by atoms with Crippen molar-refractivity contribution < 1.29 is 14.6 Å². The fraction of sp³-hybridized carbons (Fsp3) is 0.500. The minimum absolute atomic E-state index is 0.0282. The smallest absolute Gasteiger partial charge is 0.223 e. The van der Waals surface area contributed by atoms with Gasteiger partial charge >= 0.3 is 0 Å². The Labute approximate surface area is 108 Å². The van der Waals surface area contributed by atoms with E-state index in [-0.39, 0.29) is 11.9 Å². The van der Waals surface area contributed by atoms with Gasteiger partial charge in [0.25, 0.3) is 0 Å². The summed E-state index contributed by atoms with van der Waals surface area (Å²) >= 11 is 0. The van der Waals surface area contributed by atoms with Crippen molar-refractivity contribution in [1.82, 2.24) is 5.32 Å². The maximum absolute atomic E-state index is 11.4. The summed E-state index contributed by atoms with van der Waals surface area (Å²) < 4.78 is 5.53. The van der Waals surface area contributed by atoms with Crippen LogP contribution in [0.3, 0.4) is 0 Å². The number of ether oxygens (including phenoxy) is 1. The monoisotopic (exact) mass is 251 g/mol. The van der Waals surface area contributed by atoms with Crippen molar-refractivity contribution in [2.24, 2.45) is 0 Å². The Hall–Kier alpha value is -1.55. The second-order valence-corrected chi connectivity index (χ2v) is 4.53. The van der Waals surface area contributed by atoms with Crippen LogP contribution in [0.2, 0.25) is 0 Å². The molecule has 0 heterocycles. The topological polar surface area (TPSA) is 58.6 Å². The maximum atomic E-state index is 11.4. The van der Waals surface area contributed by atoms with Crippen molar-refractivity contribution in [3.63, 3.8) is 0 Å². The van der Waals surface area contributed by atoms with E-state index >= 15 is 0 Å². The number of nitrogens with one attached hydrogen (secondary N) is 1. The van der Waals surface area contributed by atoms with Crippen LogP contribution in [0.5, 0.6) is 5.75 Å². The molecule has 4 nitrogen and oxygen atoms in total. The third kappa shape index (κ3) is 4.75. The zero-order valence-electron chi connectivity index (χ0n) is 11.1. The molecule has 1 aromatic carbocycles. The highest BCUT2D eigenvalue weighted by molar-refractivity contribution is 5.76. The van der Waals surface area contributed by atoms with Crippen LogP contribution in [0, 0.1) is 0 Å². The first-order valence-electron chi connectivity index (χ1n) is 6.20. The molecule has 18 heavy (non-hydrogen) atoms. The minimum atomic E-state index is -0.578. The van der Waals surface area contributed by atoms with E-state index in [0.29, 0.717) is 18.8 Å². The molecule has 1 rings (SSSR count). The van der Waals surface area contributed by atoms with Gasteiger partial charge in [0.1, 0.15) is 5.75 Å². The van der Waals surface area contributed by atoms with Crippen LogP contribution in [0.1, 0.15) is 38.9 Å². The van der Waals surface area contributed by atoms with E-state index in [1.54, 1.807) is 13.0 Å². The molecule has 0 saturated heterocycles. The average molecular weight is 251 g/mol. The highest BCUT2D eigenvalue weighted by Crippen LogP contribution is 2.24. The molecule has 100 valence electrons. The van der Waals surface area contributed by atoms with Gasteiger partial charge in [0.2, 0.25) is 5.91 Å². The molecule has 0 aliphatic heterocycles. The number of aliphatic hydroxyl groups is 1. The minimum Gasteiger partial charge on any atom is -0.493 e. The number of rotatable bonds is 6. The number of amides is 1. The Kier molecular flexibility index (Phi) is 5.65. The van der Waals surface area contributed by atoms with E-state index in [2.05, 4.69) is 5.32 Å². The first-order chi connectivity index (χ1) is 8.50. The largest absolute Gasteiger partial charge is 0.493 e. The van der Waals surface area contributed by atoms with E-state index in [0.717, 1.165) is 5.56 Å². The van der Waals surface area contributed by atoms with Gasteiger partial charge in [-0.25, -0.2) is 0 Å². The number of hydrogen-bond acceptors (Lipinski definition) is 3. The summed E-state index contributed by atoms with van der Waals surface area (Å²) in [5.41, 5.74) is 0.738. The predicted octanol–water partition coefficient (Wildman–Crippen LogP) is 2.03. The van der Waals surface area contributed by atoms with Gasteiger partial charge in [0, 0.05) is 11.6 Å². The molecule has 1 amide bonds. The lowest BCUT2D eigenvalue weighted by Gasteiger charge is -2.13. The van der Waals surface area contributed by atoms with E-state index in [9.17, 15) is 9.90 Å². The highest BCUT2D eigenvalue weighted by Gasteiger charge is 2.09. The maximum Gasteiger partial charge on any atom is 0.223 e. The molecule has 1 aromatic rings. The molecule has 1 unspecified atom stereocenters. The summed E-state index contributed by atoms with van der Waals surface area (Å²) in [6, 6.07) is 7.44. The Morgan fingerprint density at radius 3 is 2.61 bits per heavy atom. The van der Waals surface area contributed by atoms with Crippen LogP contribution < -0.4 is 10.1 Å². The second kappa shape index (κ2) is 7.01. The lowest BCUT2D eigenvalue weighted by molar-refractivity contribution is -0.122. The van der Waals surface area contributed by atoms with Gasteiger partial charge in [-0.15, -0.1) is 0 Å². The molecule has 0 saturated carbocycles. The predicted molar refractivity (Wildman–Crippen MR) is 70.5 cm³/mol. The number of para-hydroxylation sites is 1. The second-order valence-electron chi connectivity index (χ2n) is 4.53. The molecule has 1 atom stereocenters. The normalized spacial score (nSPS) is 12.3. The fourth-order valence-electron chi connectivity index (χ4n) is 1.60. The van der Waals surface area contributed by atoms with E-state index < -0.39 is 6.10 Å². The summed E-state index contributed by atoms with van der Waals surface area (Å²) in [6.45, 7) is 5.83. The number of aliphatic hydroxyl groups excluding tert-OH is 1. The molecular weight excluding hydrogens is 230 g/mol. The average Bonchev–Trinajstić information content (AvgIpc) is 2.28. The standard InChI is InChI=1S/C14H21NO3/c1-10(2)15-14(17)8-9-18-13-7-5-4-6-12(13)11(3)16/h4-7,10-11,16H,8-9H2,1-3H3,(H,15,17). The van der Waals surface area contributed by atoms with Gasteiger partial charge in [0.05, 0.1) is 19.1 Å². The Bertz CT molecular complexity index is 388. The molecule has 2 N–H and O–H groups in total. The molecule has 0 aliphatic rings. The zero-order chi connectivity index (χ0) is 13.5. The fourth-order valence-corrected chi connectivity index (χ4v) is 1.60. The summed E-state index contributed by atoms with van der Waals surface area (Å²) in [6.07, 6.45) is -0.266. The molecular formula is C14H21NO3. The first-order valence-corrected chi connectivity index (χ1v) is 6.20. The van der Waals surface area contributed by atoms with E-state index in [1.807, 2.05) is 32.0 Å². The van der Waals surface area contributed by atoms with Crippen molar-refractivity contribution in [1.29, 1.82) is 0 Å². The lowest BCUT2D eigenvalue weighted by atomic mass is 10.1. The summed E-state index contributed by atoms with van der Waals surface area (Å²) in [5.74, 6) is 0.601. The van der Waals surface area contributed by atoms with Crippen molar-refractivity contribution in [3.8, 4) is 5.75 Å². The molecule has 0 radical (unpaired) electrons. The van der Waals surface area contributed by atoms with Crippen molar-refractivity contribution in [2.75, 3.05) is 6.61 Å².